The quantitative estimate of drug-likeness (QED) is 0.342. The van der Waals surface area contributed by atoms with E-state index in [2.05, 4.69) is 30.5 Å². The topological polar surface area (TPSA) is 109 Å². The Morgan fingerprint density at radius 2 is 1.97 bits per heavy atom. The van der Waals surface area contributed by atoms with Crippen molar-refractivity contribution in [2.24, 2.45) is 0 Å². The van der Waals surface area contributed by atoms with Crippen LogP contribution in [-0.4, -0.2) is 43.3 Å². The molecule has 1 saturated carbocycles. The molecule has 9 nitrogen and oxygen atoms in total. The van der Waals surface area contributed by atoms with Gasteiger partial charge in [-0.2, -0.15) is 0 Å². The van der Waals surface area contributed by atoms with Gasteiger partial charge >= 0.3 is 0 Å². The molecule has 196 valence electrons. The lowest BCUT2D eigenvalue weighted by Gasteiger charge is -2.35. The molecule has 4 aromatic heterocycles. The summed E-state index contributed by atoms with van der Waals surface area (Å²) in [7, 11) is 0. The predicted molar refractivity (Wildman–Crippen MR) is 137 cm³/mol. The zero-order valence-corrected chi connectivity index (χ0v) is 20.9. The number of aromatic amines is 1. The Morgan fingerprint density at radius 3 is 2.74 bits per heavy atom. The fourth-order valence-corrected chi connectivity index (χ4v) is 4.81. The third-order valence-corrected chi connectivity index (χ3v) is 6.75. The molecular weight excluding hydrogens is 504 g/mol. The molecule has 0 aliphatic heterocycles. The van der Waals surface area contributed by atoms with Gasteiger partial charge in [-0.3, -0.25) is 9.36 Å². The maximum atomic E-state index is 15.0. The summed E-state index contributed by atoms with van der Waals surface area (Å²) in [5.74, 6) is 0.407. The molecule has 4 heterocycles. The Kier molecular flexibility index (Phi) is 6.39. The SMILES string of the molecule is CCOc1ccc(-c2nnc(C3CC(NC(=O)c4ccnc5cc(F)c[nH+]c45)C3)n2-c2ccccc2F)nc1. The third kappa shape index (κ3) is 4.67. The summed E-state index contributed by atoms with van der Waals surface area (Å²) in [6.45, 7) is 2.41. The summed E-state index contributed by atoms with van der Waals surface area (Å²) < 4.78 is 35.7. The number of aromatic nitrogens is 6. The lowest BCUT2D eigenvalue weighted by Crippen LogP contribution is -2.44. The number of pyridine rings is 3. The van der Waals surface area contributed by atoms with Gasteiger partial charge in [0, 0.05) is 24.2 Å². The number of para-hydroxylation sites is 1. The summed E-state index contributed by atoms with van der Waals surface area (Å²) in [5.41, 5.74) is 2.05. The number of amides is 1. The number of halogens is 2. The van der Waals surface area contributed by atoms with E-state index in [4.69, 9.17) is 4.74 Å². The highest BCUT2D eigenvalue weighted by Gasteiger charge is 2.37. The molecule has 1 aliphatic rings. The minimum absolute atomic E-state index is 0.0614. The van der Waals surface area contributed by atoms with Gasteiger partial charge in [-0.1, -0.05) is 12.1 Å². The van der Waals surface area contributed by atoms with E-state index in [1.807, 2.05) is 6.92 Å². The maximum Gasteiger partial charge on any atom is 0.258 e. The second kappa shape index (κ2) is 10.2. The van der Waals surface area contributed by atoms with Gasteiger partial charge in [0.15, 0.2) is 11.6 Å². The summed E-state index contributed by atoms with van der Waals surface area (Å²) in [6.07, 6.45) is 5.45. The molecule has 1 amide bonds. The van der Waals surface area contributed by atoms with E-state index in [0.29, 0.717) is 64.8 Å². The molecule has 2 N–H and O–H groups in total. The van der Waals surface area contributed by atoms with Crippen LogP contribution in [0.3, 0.4) is 0 Å². The lowest BCUT2D eigenvalue weighted by atomic mass is 9.79. The molecule has 6 rings (SSSR count). The Balaban J connectivity index is 1.25. The molecule has 5 aromatic rings. The van der Waals surface area contributed by atoms with E-state index in [1.165, 1.54) is 24.5 Å². The van der Waals surface area contributed by atoms with Crippen molar-refractivity contribution in [3.63, 3.8) is 0 Å². The number of H-pyrrole nitrogens is 1. The van der Waals surface area contributed by atoms with Crippen molar-refractivity contribution in [3.05, 3.63) is 90.1 Å². The highest BCUT2D eigenvalue weighted by atomic mass is 19.1. The normalized spacial score (nSPS) is 16.6. The molecule has 1 fully saturated rings. The number of carbonyl (C=O) groups is 1. The molecule has 1 aliphatic carbocycles. The number of ether oxygens (including phenoxy) is 1. The number of fused-ring (bicyclic) bond motifs is 1. The van der Waals surface area contributed by atoms with Crippen LogP contribution in [-0.2, 0) is 0 Å². The van der Waals surface area contributed by atoms with Crippen molar-refractivity contribution in [2.75, 3.05) is 6.61 Å². The standard InChI is InChI=1S/C28H23F2N7O2/c1-2-39-19-7-8-22(32-15-19)27-36-35-26(37(27)24-6-4-3-5-21(24)30)16-11-18(12-16)34-28(38)20-9-10-31-23-13-17(29)14-33-25(20)23/h3-10,13-16,18H,2,11-12H2,1H3,(H,34,38)/p+1. The van der Waals surface area contributed by atoms with Crippen LogP contribution in [0.25, 0.3) is 28.2 Å². The molecule has 0 unspecified atom stereocenters. The highest BCUT2D eigenvalue weighted by molar-refractivity contribution is 6.03. The Labute approximate surface area is 221 Å². The fraction of sp³-hybridized carbons (Fsp3) is 0.214. The van der Waals surface area contributed by atoms with Crippen molar-refractivity contribution in [3.8, 4) is 23.0 Å². The van der Waals surface area contributed by atoms with Crippen molar-refractivity contribution in [1.29, 1.82) is 0 Å². The van der Waals surface area contributed by atoms with Crippen LogP contribution < -0.4 is 15.0 Å². The zero-order valence-electron chi connectivity index (χ0n) is 20.9. The van der Waals surface area contributed by atoms with Crippen molar-refractivity contribution >= 4 is 16.9 Å². The smallest absolute Gasteiger partial charge is 0.258 e. The zero-order chi connectivity index (χ0) is 26.9. The predicted octanol–water partition coefficient (Wildman–Crippen LogP) is 4.04. The van der Waals surface area contributed by atoms with Gasteiger partial charge < -0.3 is 10.1 Å². The largest absolute Gasteiger partial charge is 0.492 e. The Morgan fingerprint density at radius 1 is 1.13 bits per heavy atom. The molecule has 0 spiro atoms. The molecule has 0 saturated heterocycles. The molecule has 0 radical (unpaired) electrons. The van der Waals surface area contributed by atoms with E-state index in [1.54, 1.807) is 47.2 Å². The first-order chi connectivity index (χ1) is 19.0. The fourth-order valence-electron chi connectivity index (χ4n) is 4.81. The summed E-state index contributed by atoms with van der Waals surface area (Å²) in [6, 6.07) is 12.7. The first-order valence-electron chi connectivity index (χ1n) is 12.6. The van der Waals surface area contributed by atoms with Crippen LogP contribution in [0.1, 0.15) is 41.9 Å². The molecular formula is C28H24F2N7O2+. The molecule has 0 bridgehead atoms. The number of benzene rings is 1. The van der Waals surface area contributed by atoms with Gasteiger partial charge in [0.2, 0.25) is 11.7 Å². The van der Waals surface area contributed by atoms with E-state index in [0.717, 1.165) is 0 Å². The molecule has 1 aromatic carbocycles. The number of nitrogens with zero attached hydrogens (tertiary/aromatic N) is 5. The lowest BCUT2D eigenvalue weighted by molar-refractivity contribution is -0.347. The first-order valence-corrected chi connectivity index (χ1v) is 12.6. The highest BCUT2D eigenvalue weighted by Crippen LogP contribution is 2.39. The van der Waals surface area contributed by atoms with Gasteiger partial charge in [-0.25, -0.2) is 23.7 Å². The van der Waals surface area contributed by atoms with Crippen LogP contribution in [0.15, 0.2) is 67.1 Å². The summed E-state index contributed by atoms with van der Waals surface area (Å²) in [5, 5.41) is 11.8. The Bertz CT molecular complexity index is 1670. The number of nitrogens with one attached hydrogen (secondary N) is 2. The van der Waals surface area contributed by atoms with Gasteiger partial charge in [0.25, 0.3) is 5.91 Å². The van der Waals surface area contributed by atoms with E-state index >= 15 is 0 Å². The second-order valence-electron chi connectivity index (χ2n) is 9.26. The average Bonchev–Trinajstić information content (AvgIpc) is 3.35. The number of hydrogen-bond acceptors (Lipinski definition) is 6. The van der Waals surface area contributed by atoms with Gasteiger partial charge in [0.05, 0.1) is 18.5 Å². The van der Waals surface area contributed by atoms with Crippen LogP contribution in [0.2, 0.25) is 0 Å². The summed E-state index contributed by atoms with van der Waals surface area (Å²) >= 11 is 0. The number of hydrogen-bond donors (Lipinski definition) is 1. The van der Waals surface area contributed by atoms with Crippen LogP contribution in [0.4, 0.5) is 8.78 Å². The molecule has 39 heavy (non-hydrogen) atoms. The monoisotopic (exact) mass is 528 g/mol. The van der Waals surface area contributed by atoms with E-state index in [-0.39, 0.29) is 17.9 Å². The average molecular weight is 529 g/mol. The van der Waals surface area contributed by atoms with Crippen LogP contribution in [0, 0.1) is 11.6 Å². The minimum atomic E-state index is -0.465. The Hall–Kier alpha value is -4.80. The van der Waals surface area contributed by atoms with E-state index in [9.17, 15) is 13.6 Å². The minimum Gasteiger partial charge on any atom is -0.492 e. The molecule has 0 atom stereocenters. The van der Waals surface area contributed by atoms with Crippen molar-refractivity contribution in [2.45, 2.75) is 31.7 Å². The van der Waals surface area contributed by atoms with Gasteiger partial charge in [-0.15, -0.1) is 10.2 Å². The van der Waals surface area contributed by atoms with Gasteiger partial charge in [0.1, 0.15) is 34.2 Å². The maximum absolute atomic E-state index is 15.0. The molecule has 11 heteroatoms. The number of carbonyl (C=O) groups excluding carboxylic acids is 1. The van der Waals surface area contributed by atoms with Crippen LogP contribution >= 0.6 is 0 Å². The summed E-state index contributed by atoms with van der Waals surface area (Å²) in [4.78, 5) is 24.4. The second-order valence-corrected chi connectivity index (χ2v) is 9.26. The number of rotatable bonds is 7. The van der Waals surface area contributed by atoms with E-state index < -0.39 is 11.6 Å². The van der Waals surface area contributed by atoms with Crippen molar-refractivity contribution in [1.82, 2.24) is 30.0 Å². The van der Waals surface area contributed by atoms with Gasteiger partial charge in [-0.05, 0) is 50.1 Å². The van der Waals surface area contributed by atoms with Crippen LogP contribution in [0.5, 0.6) is 5.75 Å². The first kappa shape index (κ1) is 24.5. The third-order valence-electron chi connectivity index (χ3n) is 6.75. The van der Waals surface area contributed by atoms with Crippen molar-refractivity contribution < 1.29 is 23.3 Å².